The molecule has 2 saturated heterocycles. The van der Waals surface area contributed by atoms with Gasteiger partial charge in [0.2, 0.25) is 11.9 Å². The van der Waals surface area contributed by atoms with Gasteiger partial charge in [-0.3, -0.25) is 4.79 Å². The lowest BCUT2D eigenvalue weighted by atomic mass is 9.78. The minimum Gasteiger partial charge on any atom is -0.383 e. The first kappa shape index (κ1) is 16.2. The molecule has 0 aromatic carbocycles. The van der Waals surface area contributed by atoms with E-state index in [4.69, 9.17) is 4.74 Å². The molecule has 1 atom stereocenters. The van der Waals surface area contributed by atoms with Crippen LogP contribution in [-0.4, -0.2) is 60.7 Å². The molecular weight excluding hydrogens is 292 g/mol. The summed E-state index contributed by atoms with van der Waals surface area (Å²) in [6.45, 7) is 7.71. The van der Waals surface area contributed by atoms with E-state index in [0.717, 1.165) is 56.2 Å². The number of carbonyl (C=O) groups excluding carboxylic acids is 1. The molecule has 0 unspecified atom stereocenters. The van der Waals surface area contributed by atoms with E-state index in [2.05, 4.69) is 14.9 Å². The smallest absolute Gasteiger partial charge is 0.230 e. The van der Waals surface area contributed by atoms with Crippen LogP contribution in [0.15, 0.2) is 6.07 Å². The standard InChI is InChI=1S/C17H26N4O2/c1-13-11-14(2)19-16(18-13)21-8-6-17(12-21)5-4-7-20(15(17)22)9-10-23-3/h11H,4-10,12H2,1-3H3/t17-/m0/s1. The van der Waals surface area contributed by atoms with E-state index in [1.165, 1.54) is 0 Å². The Labute approximate surface area is 137 Å². The van der Waals surface area contributed by atoms with Crippen LogP contribution in [0.25, 0.3) is 0 Å². The second-order valence-corrected chi connectivity index (χ2v) is 6.79. The second kappa shape index (κ2) is 6.43. The Kier molecular flexibility index (Phi) is 4.53. The summed E-state index contributed by atoms with van der Waals surface area (Å²) < 4.78 is 5.14. The van der Waals surface area contributed by atoms with E-state index in [-0.39, 0.29) is 11.3 Å². The molecule has 6 nitrogen and oxygen atoms in total. The van der Waals surface area contributed by atoms with Crippen LogP contribution in [0.4, 0.5) is 5.95 Å². The first-order valence-corrected chi connectivity index (χ1v) is 8.40. The van der Waals surface area contributed by atoms with Gasteiger partial charge in [-0.15, -0.1) is 0 Å². The molecule has 2 fully saturated rings. The number of carbonyl (C=O) groups is 1. The van der Waals surface area contributed by atoms with Gasteiger partial charge in [-0.2, -0.15) is 0 Å². The summed E-state index contributed by atoms with van der Waals surface area (Å²) in [6.07, 6.45) is 2.93. The van der Waals surface area contributed by atoms with Gasteiger partial charge in [0.05, 0.1) is 12.0 Å². The maximum atomic E-state index is 13.0. The molecule has 6 heteroatoms. The average Bonchev–Trinajstić information content (AvgIpc) is 2.93. The molecule has 0 N–H and O–H groups in total. The van der Waals surface area contributed by atoms with E-state index in [1.54, 1.807) is 7.11 Å². The minimum absolute atomic E-state index is 0.257. The molecule has 1 aromatic heterocycles. The molecular formula is C17H26N4O2. The van der Waals surface area contributed by atoms with Crippen molar-refractivity contribution in [3.8, 4) is 0 Å². The van der Waals surface area contributed by atoms with Crippen LogP contribution in [-0.2, 0) is 9.53 Å². The van der Waals surface area contributed by atoms with Crippen LogP contribution >= 0.6 is 0 Å². The highest BCUT2D eigenvalue weighted by Crippen LogP contribution is 2.40. The number of amides is 1. The fourth-order valence-corrected chi connectivity index (χ4v) is 3.84. The third kappa shape index (κ3) is 3.17. The highest BCUT2D eigenvalue weighted by Gasteiger charge is 2.48. The van der Waals surface area contributed by atoms with E-state index < -0.39 is 0 Å². The number of methoxy groups -OCH3 is 1. The Balaban J connectivity index is 1.75. The Morgan fingerprint density at radius 1 is 1.22 bits per heavy atom. The third-order valence-electron chi connectivity index (χ3n) is 5.00. The zero-order valence-corrected chi connectivity index (χ0v) is 14.3. The van der Waals surface area contributed by atoms with E-state index in [9.17, 15) is 4.79 Å². The number of aryl methyl sites for hydroxylation is 2. The number of ether oxygens (including phenoxy) is 1. The van der Waals surface area contributed by atoms with Crippen molar-refractivity contribution < 1.29 is 9.53 Å². The highest BCUT2D eigenvalue weighted by molar-refractivity contribution is 5.85. The Bertz CT molecular complexity index is 572. The molecule has 126 valence electrons. The van der Waals surface area contributed by atoms with Crippen LogP contribution in [0.5, 0.6) is 0 Å². The van der Waals surface area contributed by atoms with Crippen molar-refractivity contribution in [1.82, 2.24) is 14.9 Å². The van der Waals surface area contributed by atoms with Crippen LogP contribution in [0.3, 0.4) is 0 Å². The average molecular weight is 318 g/mol. The van der Waals surface area contributed by atoms with E-state index in [0.29, 0.717) is 13.2 Å². The van der Waals surface area contributed by atoms with Gasteiger partial charge < -0.3 is 14.5 Å². The topological polar surface area (TPSA) is 58.6 Å². The minimum atomic E-state index is -0.257. The first-order chi connectivity index (χ1) is 11.0. The summed E-state index contributed by atoms with van der Waals surface area (Å²) in [6, 6.07) is 1.98. The molecule has 1 spiro atoms. The highest BCUT2D eigenvalue weighted by atomic mass is 16.5. The summed E-state index contributed by atoms with van der Waals surface area (Å²) in [5.74, 6) is 1.05. The van der Waals surface area contributed by atoms with Gasteiger partial charge in [-0.05, 0) is 39.2 Å². The molecule has 0 saturated carbocycles. The van der Waals surface area contributed by atoms with E-state index >= 15 is 0 Å². The van der Waals surface area contributed by atoms with Crippen molar-refractivity contribution in [2.24, 2.45) is 5.41 Å². The lowest BCUT2D eigenvalue weighted by Gasteiger charge is -2.39. The lowest BCUT2D eigenvalue weighted by molar-refractivity contribution is -0.145. The fraction of sp³-hybridized carbons (Fsp3) is 0.706. The monoisotopic (exact) mass is 318 g/mol. The van der Waals surface area contributed by atoms with Crippen molar-refractivity contribution in [1.29, 1.82) is 0 Å². The molecule has 0 bridgehead atoms. The Hall–Kier alpha value is -1.69. The molecule has 2 aliphatic heterocycles. The summed E-state index contributed by atoms with van der Waals surface area (Å²) in [4.78, 5) is 26.2. The van der Waals surface area contributed by atoms with Crippen molar-refractivity contribution in [3.05, 3.63) is 17.5 Å². The van der Waals surface area contributed by atoms with Crippen molar-refractivity contribution >= 4 is 11.9 Å². The number of piperidine rings is 1. The number of hydrogen-bond donors (Lipinski definition) is 0. The van der Waals surface area contributed by atoms with Gasteiger partial charge in [0.1, 0.15) is 0 Å². The Morgan fingerprint density at radius 2 is 1.96 bits per heavy atom. The van der Waals surface area contributed by atoms with Crippen molar-refractivity contribution in [3.63, 3.8) is 0 Å². The zero-order chi connectivity index (χ0) is 16.4. The molecule has 3 heterocycles. The van der Waals surface area contributed by atoms with Crippen LogP contribution in [0.2, 0.25) is 0 Å². The Morgan fingerprint density at radius 3 is 2.65 bits per heavy atom. The first-order valence-electron chi connectivity index (χ1n) is 8.40. The summed E-state index contributed by atoms with van der Waals surface area (Å²) in [5, 5.41) is 0. The molecule has 2 aliphatic rings. The van der Waals surface area contributed by atoms with Gasteiger partial charge >= 0.3 is 0 Å². The molecule has 1 amide bonds. The van der Waals surface area contributed by atoms with Gasteiger partial charge in [0.15, 0.2) is 0 Å². The van der Waals surface area contributed by atoms with Gasteiger partial charge in [-0.1, -0.05) is 0 Å². The summed E-state index contributed by atoms with van der Waals surface area (Å²) >= 11 is 0. The molecule has 23 heavy (non-hydrogen) atoms. The number of hydrogen-bond acceptors (Lipinski definition) is 5. The molecule has 1 aromatic rings. The van der Waals surface area contributed by atoms with Crippen molar-refractivity contribution in [2.45, 2.75) is 33.1 Å². The molecule has 3 rings (SSSR count). The van der Waals surface area contributed by atoms with Gasteiger partial charge in [0, 0.05) is 44.7 Å². The van der Waals surface area contributed by atoms with Crippen molar-refractivity contribution in [2.75, 3.05) is 44.8 Å². The van der Waals surface area contributed by atoms with E-state index in [1.807, 2.05) is 24.8 Å². The summed E-state index contributed by atoms with van der Waals surface area (Å²) in [5.41, 5.74) is 1.70. The third-order valence-corrected chi connectivity index (χ3v) is 5.00. The number of aromatic nitrogens is 2. The van der Waals surface area contributed by atoms with Crippen LogP contribution < -0.4 is 4.90 Å². The maximum absolute atomic E-state index is 13.0. The molecule has 0 aliphatic carbocycles. The second-order valence-electron chi connectivity index (χ2n) is 6.79. The number of anilines is 1. The summed E-state index contributed by atoms with van der Waals surface area (Å²) in [7, 11) is 1.68. The lowest BCUT2D eigenvalue weighted by Crippen LogP contribution is -2.51. The zero-order valence-electron chi connectivity index (χ0n) is 14.3. The van der Waals surface area contributed by atoms with Crippen LogP contribution in [0.1, 0.15) is 30.7 Å². The number of nitrogens with zero attached hydrogens (tertiary/aromatic N) is 4. The van der Waals surface area contributed by atoms with Gasteiger partial charge in [0.25, 0.3) is 0 Å². The largest absolute Gasteiger partial charge is 0.383 e. The molecule has 0 radical (unpaired) electrons. The fourth-order valence-electron chi connectivity index (χ4n) is 3.84. The SMILES string of the molecule is COCCN1CCC[C@@]2(CCN(c3nc(C)cc(C)n3)C2)C1=O. The normalized spacial score (nSPS) is 24.7. The number of likely N-dealkylation sites (tertiary alicyclic amines) is 1. The number of rotatable bonds is 4. The quantitative estimate of drug-likeness (QED) is 0.843. The van der Waals surface area contributed by atoms with Crippen LogP contribution in [0, 0.1) is 19.3 Å². The predicted molar refractivity (Wildman–Crippen MR) is 88.5 cm³/mol. The predicted octanol–water partition coefficient (Wildman–Crippen LogP) is 1.56. The van der Waals surface area contributed by atoms with Gasteiger partial charge in [-0.25, -0.2) is 9.97 Å². The maximum Gasteiger partial charge on any atom is 0.230 e.